The van der Waals surface area contributed by atoms with Gasteiger partial charge in [-0.15, -0.1) is 0 Å². The van der Waals surface area contributed by atoms with Crippen molar-refractivity contribution in [3.63, 3.8) is 0 Å². The van der Waals surface area contributed by atoms with Crippen molar-refractivity contribution in [1.82, 2.24) is 14.9 Å². The number of likely N-dealkylation sites (N-methyl/N-ethyl adjacent to an activating group) is 1. The minimum atomic E-state index is 0.453. The number of ether oxygens (including phenoxy) is 1. The molecule has 28 heavy (non-hydrogen) atoms. The molecular weight excluding hydrogens is 354 g/mol. The van der Waals surface area contributed by atoms with Gasteiger partial charge in [0.05, 0.1) is 18.9 Å². The SMILES string of the molecule is CN1CCN(c2ccc(-c3nc4c(c(NCCC=O)n3)COCC4)cc2)CC1. The molecule has 1 fully saturated rings. The first-order valence-corrected chi connectivity index (χ1v) is 9.93. The Morgan fingerprint density at radius 1 is 1.14 bits per heavy atom. The van der Waals surface area contributed by atoms with Crippen LogP contribution in [0.2, 0.25) is 0 Å². The Kier molecular flexibility index (Phi) is 5.83. The predicted molar refractivity (Wildman–Crippen MR) is 110 cm³/mol. The van der Waals surface area contributed by atoms with Crippen molar-refractivity contribution < 1.29 is 9.53 Å². The fourth-order valence-corrected chi connectivity index (χ4v) is 3.64. The number of carbonyl (C=O) groups excluding carboxylic acids is 1. The van der Waals surface area contributed by atoms with Crippen molar-refractivity contribution in [2.24, 2.45) is 0 Å². The third-order valence-corrected chi connectivity index (χ3v) is 5.37. The first-order chi connectivity index (χ1) is 13.7. The molecule has 2 aliphatic heterocycles. The minimum absolute atomic E-state index is 0.453. The van der Waals surface area contributed by atoms with Gasteiger partial charge >= 0.3 is 0 Å². The second-order valence-corrected chi connectivity index (χ2v) is 7.34. The first-order valence-electron chi connectivity index (χ1n) is 9.93. The second-order valence-electron chi connectivity index (χ2n) is 7.34. The van der Waals surface area contributed by atoms with Crippen LogP contribution in [0.25, 0.3) is 11.4 Å². The Hall–Kier alpha value is -2.51. The lowest BCUT2D eigenvalue weighted by atomic mass is 10.1. The van der Waals surface area contributed by atoms with E-state index in [1.54, 1.807) is 0 Å². The highest BCUT2D eigenvalue weighted by atomic mass is 16.5. The molecule has 0 atom stereocenters. The maximum absolute atomic E-state index is 10.6. The number of rotatable bonds is 6. The zero-order chi connectivity index (χ0) is 19.3. The van der Waals surface area contributed by atoms with Gasteiger partial charge in [0, 0.05) is 62.4 Å². The summed E-state index contributed by atoms with van der Waals surface area (Å²) >= 11 is 0. The summed E-state index contributed by atoms with van der Waals surface area (Å²) in [6, 6.07) is 8.52. The standard InChI is InChI=1S/C21H27N5O2/c1-25-9-11-26(12-10-25)17-5-3-16(4-6-17)20-23-19-7-14-28-15-18(19)21(24-20)22-8-2-13-27/h3-6,13H,2,7-12,14-15H2,1H3,(H,22,23,24). The van der Waals surface area contributed by atoms with Gasteiger partial charge in [-0.05, 0) is 31.3 Å². The number of carbonyl (C=O) groups is 1. The molecule has 0 saturated carbocycles. The highest BCUT2D eigenvalue weighted by molar-refractivity contribution is 5.64. The number of anilines is 2. The Balaban J connectivity index is 1.57. The Bertz CT molecular complexity index is 816. The van der Waals surface area contributed by atoms with Crippen molar-refractivity contribution >= 4 is 17.8 Å². The summed E-state index contributed by atoms with van der Waals surface area (Å²) in [5.74, 6) is 1.50. The molecule has 148 valence electrons. The van der Waals surface area contributed by atoms with Crippen molar-refractivity contribution in [2.45, 2.75) is 19.4 Å². The fraction of sp³-hybridized carbons (Fsp3) is 0.476. The van der Waals surface area contributed by atoms with Crippen LogP contribution >= 0.6 is 0 Å². The molecule has 0 bridgehead atoms. The normalized spacial score (nSPS) is 17.2. The van der Waals surface area contributed by atoms with Crippen molar-refractivity contribution in [3.8, 4) is 11.4 Å². The molecule has 7 nitrogen and oxygen atoms in total. The molecule has 1 saturated heterocycles. The van der Waals surface area contributed by atoms with E-state index in [0.29, 0.717) is 26.2 Å². The zero-order valence-electron chi connectivity index (χ0n) is 16.4. The smallest absolute Gasteiger partial charge is 0.161 e. The summed E-state index contributed by atoms with van der Waals surface area (Å²) in [5.41, 5.74) is 4.29. The fourth-order valence-electron chi connectivity index (χ4n) is 3.64. The third-order valence-electron chi connectivity index (χ3n) is 5.37. The van der Waals surface area contributed by atoms with Crippen LogP contribution in [0, 0.1) is 0 Å². The zero-order valence-corrected chi connectivity index (χ0v) is 16.4. The molecule has 2 aromatic rings. The number of nitrogens with one attached hydrogen (secondary N) is 1. The van der Waals surface area contributed by atoms with Crippen molar-refractivity contribution in [2.75, 3.05) is 56.6 Å². The van der Waals surface area contributed by atoms with E-state index >= 15 is 0 Å². The molecule has 0 unspecified atom stereocenters. The lowest BCUT2D eigenvalue weighted by Crippen LogP contribution is -2.44. The van der Waals surface area contributed by atoms with Crippen LogP contribution in [-0.2, 0) is 22.6 Å². The van der Waals surface area contributed by atoms with Crippen LogP contribution in [0.4, 0.5) is 11.5 Å². The monoisotopic (exact) mass is 381 g/mol. The van der Waals surface area contributed by atoms with Gasteiger partial charge in [-0.3, -0.25) is 0 Å². The minimum Gasteiger partial charge on any atom is -0.376 e. The van der Waals surface area contributed by atoms with Crippen LogP contribution in [0.3, 0.4) is 0 Å². The molecule has 4 rings (SSSR count). The summed E-state index contributed by atoms with van der Waals surface area (Å²) in [7, 11) is 2.17. The van der Waals surface area contributed by atoms with Gasteiger partial charge in [0.1, 0.15) is 12.1 Å². The highest BCUT2D eigenvalue weighted by Crippen LogP contribution is 2.27. The van der Waals surface area contributed by atoms with Crippen molar-refractivity contribution in [3.05, 3.63) is 35.5 Å². The molecule has 0 amide bonds. The van der Waals surface area contributed by atoms with Gasteiger partial charge in [0.15, 0.2) is 5.82 Å². The molecule has 0 spiro atoms. The quantitative estimate of drug-likeness (QED) is 0.606. The van der Waals surface area contributed by atoms with Crippen molar-refractivity contribution in [1.29, 1.82) is 0 Å². The van der Waals surface area contributed by atoms with E-state index in [1.165, 1.54) is 5.69 Å². The Labute approximate surface area is 165 Å². The summed E-state index contributed by atoms with van der Waals surface area (Å²) < 4.78 is 5.58. The van der Waals surface area contributed by atoms with E-state index in [-0.39, 0.29) is 0 Å². The number of piperazine rings is 1. The van der Waals surface area contributed by atoms with E-state index < -0.39 is 0 Å². The lowest BCUT2D eigenvalue weighted by Gasteiger charge is -2.34. The molecule has 0 aliphatic carbocycles. The van der Waals surface area contributed by atoms with E-state index in [0.717, 1.165) is 67.3 Å². The lowest BCUT2D eigenvalue weighted by molar-refractivity contribution is -0.107. The number of hydrogen-bond donors (Lipinski definition) is 1. The number of aromatic nitrogens is 2. The van der Waals surface area contributed by atoms with Gasteiger partial charge in [-0.2, -0.15) is 0 Å². The van der Waals surface area contributed by atoms with Crippen LogP contribution in [0.15, 0.2) is 24.3 Å². The maximum Gasteiger partial charge on any atom is 0.161 e. The Morgan fingerprint density at radius 2 is 1.93 bits per heavy atom. The van der Waals surface area contributed by atoms with E-state index in [1.807, 2.05) is 0 Å². The molecule has 7 heteroatoms. The summed E-state index contributed by atoms with van der Waals surface area (Å²) in [4.78, 5) is 25.0. The van der Waals surface area contributed by atoms with Gasteiger partial charge in [0.2, 0.25) is 0 Å². The maximum atomic E-state index is 10.6. The second kappa shape index (κ2) is 8.67. The van der Waals surface area contributed by atoms with Gasteiger partial charge < -0.3 is 24.6 Å². The number of hydrogen-bond acceptors (Lipinski definition) is 7. The Morgan fingerprint density at radius 3 is 2.68 bits per heavy atom. The predicted octanol–water partition coefficient (Wildman–Crippen LogP) is 1.97. The number of aldehydes is 1. The molecular formula is C21H27N5O2. The number of fused-ring (bicyclic) bond motifs is 1. The molecule has 2 aliphatic rings. The highest BCUT2D eigenvalue weighted by Gasteiger charge is 2.19. The molecule has 3 heterocycles. The van der Waals surface area contributed by atoms with Gasteiger partial charge in [-0.25, -0.2) is 9.97 Å². The molecule has 0 radical (unpaired) electrons. The first kappa shape index (κ1) is 18.8. The molecule has 1 aromatic heterocycles. The molecule has 1 N–H and O–H groups in total. The largest absolute Gasteiger partial charge is 0.376 e. The van der Waals surface area contributed by atoms with Crippen LogP contribution in [-0.4, -0.2) is 67.5 Å². The summed E-state index contributed by atoms with van der Waals surface area (Å²) in [6.45, 7) is 6.04. The average Bonchev–Trinajstić information content (AvgIpc) is 2.74. The molecule has 1 aromatic carbocycles. The number of benzene rings is 1. The van der Waals surface area contributed by atoms with E-state index in [9.17, 15) is 4.79 Å². The average molecular weight is 381 g/mol. The van der Waals surface area contributed by atoms with Crippen LogP contribution in [0.5, 0.6) is 0 Å². The van der Waals surface area contributed by atoms with E-state index in [4.69, 9.17) is 14.7 Å². The summed E-state index contributed by atoms with van der Waals surface area (Å²) in [5, 5.41) is 3.28. The topological polar surface area (TPSA) is 70.6 Å². The van der Waals surface area contributed by atoms with Gasteiger partial charge in [0.25, 0.3) is 0 Å². The summed E-state index contributed by atoms with van der Waals surface area (Å²) in [6.07, 6.45) is 2.15. The van der Waals surface area contributed by atoms with Crippen LogP contribution in [0.1, 0.15) is 17.7 Å². The number of nitrogens with zero attached hydrogens (tertiary/aromatic N) is 4. The van der Waals surface area contributed by atoms with Gasteiger partial charge in [-0.1, -0.05) is 0 Å². The third kappa shape index (κ3) is 4.15. The van der Waals surface area contributed by atoms with E-state index in [2.05, 4.69) is 46.4 Å². The van der Waals surface area contributed by atoms with Crippen LogP contribution < -0.4 is 10.2 Å².